The molecular weight excluding hydrogens is 398 g/mol. The predicted octanol–water partition coefficient (Wildman–Crippen LogP) is 5.00. The van der Waals surface area contributed by atoms with E-state index in [0.29, 0.717) is 18.2 Å². The Balaban J connectivity index is 1.80. The second-order valence-electron chi connectivity index (χ2n) is 10.3. The smallest absolute Gasteiger partial charge is 0.208 e. The summed E-state index contributed by atoms with van der Waals surface area (Å²) < 4.78 is 31.4. The van der Waals surface area contributed by atoms with Gasteiger partial charge in [-0.2, -0.15) is 0 Å². The minimum absolute atomic E-state index is 0.148. The SMILES string of the molecule is CC1=CCC2C(C1)c1c(O)cc(C(C)(C)CCCCNS(C)(=O)=O)cc1OC2(C)C. The zero-order valence-corrected chi connectivity index (χ0v) is 20.0. The lowest BCUT2D eigenvalue weighted by Crippen LogP contribution is -2.45. The molecule has 0 bridgehead atoms. The molecule has 0 saturated heterocycles. The van der Waals surface area contributed by atoms with Crippen molar-refractivity contribution < 1.29 is 18.3 Å². The van der Waals surface area contributed by atoms with Gasteiger partial charge in [-0.15, -0.1) is 0 Å². The molecule has 1 aliphatic heterocycles. The molecule has 0 radical (unpaired) electrons. The Morgan fingerprint density at radius 2 is 1.97 bits per heavy atom. The van der Waals surface area contributed by atoms with E-state index in [4.69, 9.17) is 4.74 Å². The summed E-state index contributed by atoms with van der Waals surface area (Å²) in [5, 5.41) is 11.0. The molecule has 0 fully saturated rings. The van der Waals surface area contributed by atoms with E-state index in [1.807, 2.05) is 6.07 Å². The van der Waals surface area contributed by atoms with Crippen molar-refractivity contribution in [3.8, 4) is 11.5 Å². The van der Waals surface area contributed by atoms with E-state index in [1.165, 1.54) is 11.8 Å². The lowest BCUT2D eigenvalue weighted by molar-refractivity contribution is 0.00741. The van der Waals surface area contributed by atoms with Gasteiger partial charge < -0.3 is 9.84 Å². The van der Waals surface area contributed by atoms with E-state index >= 15 is 0 Å². The molecule has 1 aromatic carbocycles. The van der Waals surface area contributed by atoms with Crippen LogP contribution in [0.15, 0.2) is 23.8 Å². The minimum Gasteiger partial charge on any atom is -0.508 e. The summed E-state index contributed by atoms with van der Waals surface area (Å²) in [6, 6.07) is 4.04. The van der Waals surface area contributed by atoms with Crippen LogP contribution in [-0.4, -0.2) is 31.9 Å². The van der Waals surface area contributed by atoms with Crippen LogP contribution in [0.3, 0.4) is 0 Å². The third kappa shape index (κ3) is 5.02. The van der Waals surface area contributed by atoms with Crippen LogP contribution in [0, 0.1) is 5.92 Å². The van der Waals surface area contributed by atoms with E-state index in [2.05, 4.69) is 51.5 Å². The van der Waals surface area contributed by atoms with E-state index in [0.717, 1.165) is 49.0 Å². The highest BCUT2D eigenvalue weighted by molar-refractivity contribution is 7.88. The number of phenols is 1. The Kier molecular flexibility index (Phi) is 6.32. The summed E-state index contributed by atoms with van der Waals surface area (Å²) in [4.78, 5) is 0. The van der Waals surface area contributed by atoms with Gasteiger partial charge in [0.1, 0.15) is 17.1 Å². The number of ether oxygens (including phenoxy) is 1. The largest absolute Gasteiger partial charge is 0.508 e. The number of allylic oxidation sites excluding steroid dienone is 2. The number of hydrogen-bond acceptors (Lipinski definition) is 4. The van der Waals surface area contributed by atoms with Crippen LogP contribution in [0.2, 0.25) is 0 Å². The van der Waals surface area contributed by atoms with Gasteiger partial charge >= 0.3 is 0 Å². The molecule has 6 heteroatoms. The fourth-order valence-corrected chi connectivity index (χ4v) is 5.56. The molecule has 0 spiro atoms. The molecule has 2 unspecified atom stereocenters. The maximum atomic E-state index is 11.2. The maximum absolute atomic E-state index is 11.2. The monoisotopic (exact) mass is 435 g/mol. The Bertz CT molecular complexity index is 931. The van der Waals surface area contributed by atoms with Gasteiger partial charge in [0.05, 0.1) is 6.26 Å². The molecule has 3 rings (SSSR count). The molecule has 2 aliphatic rings. The zero-order chi connectivity index (χ0) is 22.3. The second-order valence-corrected chi connectivity index (χ2v) is 12.2. The normalized spacial score (nSPS) is 23.2. The van der Waals surface area contributed by atoms with Crippen LogP contribution >= 0.6 is 0 Å². The summed E-state index contributed by atoms with van der Waals surface area (Å²) in [5.41, 5.74) is 2.98. The topological polar surface area (TPSA) is 75.6 Å². The number of aromatic hydroxyl groups is 1. The van der Waals surface area contributed by atoms with Gasteiger partial charge in [0.2, 0.25) is 10.0 Å². The zero-order valence-electron chi connectivity index (χ0n) is 19.2. The average Bonchev–Trinajstić information content (AvgIpc) is 2.58. The Morgan fingerprint density at radius 1 is 1.27 bits per heavy atom. The van der Waals surface area contributed by atoms with Crippen molar-refractivity contribution in [1.29, 1.82) is 0 Å². The van der Waals surface area contributed by atoms with E-state index < -0.39 is 10.0 Å². The van der Waals surface area contributed by atoms with E-state index in [9.17, 15) is 13.5 Å². The number of sulfonamides is 1. The first-order valence-corrected chi connectivity index (χ1v) is 12.9. The maximum Gasteiger partial charge on any atom is 0.208 e. The second kappa shape index (κ2) is 8.19. The van der Waals surface area contributed by atoms with Crippen molar-refractivity contribution in [3.05, 3.63) is 34.9 Å². The first kappa shape index (κ1) is 23.1. The number of phenolic OH excluding ortho intramolecular Hbond substituents is 1. The minimum atomic E-state index is -3.14. The Labute approximate surface area is 182 Å². The number of fused-ring (bicyclic) bond motifs is 3. The lowest BCUT2D eigenvalue weighted by Gasteiger charge is -2.47. The lowest BCUT2D eigenvalue weighted by atomic mass is 9.66. The molecule has 5 nitrogen and oxygen atoms in total. The highest BCUT2D eigenvalue weighted by Crippen LogP contribution is 2.54. The number of rotatable bonds is 7. The first-order valence-electron chi connectivity index (χ1n) is 11.0. The highest BCUT2D eigenvalue weighted by Gasteiger charge is 2.46. The van der Waals surface area contributed by atoms with E-state index in [1.54, 1.807) is 0 Å². The predicted molar refractivity (Wildman–Crippen MR) is 122 cm³/mol. The summed E-state index contributed by atoms with van der Waals surface area (Å²) in [5.74, 6) is 1.81. The number of nitrogens with one attached hydrogen (secondary N) is 1. The van der Waals surface area contributed by atoms with Gasteiger partial charge in [0, 0.05) is 23.9 Å². The summed E-state index contributed by atoms with van der Waals surface area (Å²) in [7, 11) is -3.14. The third-order valence-corrected chi connectivity index (χ3v) is 7.61. The van der Waals surface area contributed by atoms with Gasteiger partial charge in [-0.1, -0.05) is 31.9 Å². The van der Waals surface area contributed by atoms with Gasteiger partial charge in [-0.3, -0.25) is 0 Å². The number of unbranched alkanes of at least 4 members (excludes halogenated alkanes) is 1. The van der Waals surface area contributed by atoms with Crippen LogP contribution in [0.25, 0.3) is 0 Å². The van der Waals surface area contributed by atoms with Crippen LogP contribution in [0.1, 0.15) is 83.8 Å². The molecule has 0 saturated carbocycles. The highest BCUT2D eigenvalue weighted by atomic mass is 32.2. The van der Waals surface area contributed by atoms with Crippen LogP contribution in [-0.2, 0) is 15.4 Å². The number of benzene rings is 1. The standard InChI is InChI=1S/C24H37NO4S/c1-16-9-10-19-18(13-16)22-20(26)14-17(15-21(22)29-24(19,4)5)23(2,3)11-7-8-12-25-30(6,27)28/h9,14-15,18-19,25-26H,7-8,10-13H2,1-6H3. The van der Waals surface area contributed by atoms with Gasteiger partial charge in [-0.05, 0) is 69.6 Å². The Hall–Kier alpha value is -1.53. The van der Waals surface area contributed by atoms with Crippen LogP contribution < -0.4 is 9.46 Å². The van der Waals surface area contributed by atoms with E-state index in [-0.39, 0.29) is 16.9 Å². The third-order valence-electron chi connectivity index (χ3n) is 6.88. The molecule has 1 aliphatic carbocycles. The molecule has 0 amide bonds. The Morgan fingerprint density at radius 3 is 2.63 bits per heavy atom. The molecule has 1 aromatic rings. The molecule has 168 valence electrons. The summed E-state index contributed by atoms with van der Waals surface area (Å²) in [6.45, 7) is 11.3. The van der Waals surface area contributed by atoms with Crippen LogP contribution in [0.4, 0.5) is 0 Å². The molecule has 0 aromatic heterocycles. The molecular formula is C24H37NO4S. The fourth-order valence-electron chi connectivity index (χ4n) is 5.05. The fraction of sp³-hybridized carbons (Fsp3) is 0.667. The van der Waals surface area contributed by atoms with Crippen molar-refractivity contribution in [1.82, 2.24) is 4.72 Å². The first-order chi connectivity index (χ1) is 13.8. The van der Waals surface area contributed by atoms with Gasteiger partial charge in [0.15, 0.2) is 0 Å². The quantitative estimate of drug-likeness (QED) is 0.467. The molecule has 30 heavy (non-hydrogen) atoms. The van der Waals surface area contributed by atoms with Gasteiger partial charge in [-0.25, -0.2) is 13.1 Å². The number of hydrogen-bond donors (Lipinski definition) is 2. The molecule has 1 heterocycles. The van der Waals surface area contributed by atoms with Crippen molar-refractivity contribution in [2.24, 2.45) is 5.92 Å². The average molecular weight is 436 g/mol. The van der Waals surface area contributed by atoms with Crippen molar-refractivity contribution >= 4 is 10.0 Å². The van der Waals surface area contributed by atoms with Crippen LogP contribution in [0.5, 0.6) is 11.5 Å². The van der Waals surface area contributed by atoms with Crippen molar-refractivity contribution in [3.63, 3.8) is 0 Å². The molecule has 2 N–H and O–H groups in total. The summed E-state index contributed by atoms with van der Waals surface area (Å²) >= 11 is 0. The van der Waals surface area contributed by atoms with Crippen molar-refractivity contribution in [2.45, 2.75) is 83.7 Å². The van der Waals surface area contributed by atoms with Crippen molar-refractivity contribution in [2.75, 3.05) is 12.8 Å². The molecule has 2 atom stereocenters. The summed E-state index contributed by atoms with van der Waals surface area (Å²) in [6.07, 6.45) is 8.02. The van der Waals surface area contributed by atoms with Gasteiger partial charge in [0.25, 0.3) is 0 Å².